The third-order valence-corrected chi connectivity index (χ3v) is 6.83. The second-order valence-electron chi connectivity index (χ2n) is 8.28. The van der Waals surface area contributed by atoms with Crippen molar-refractivity contribution >= 4 is 16.8 Å². The summed E-state index contributed by atoms with van der Waals surface area (Å²) < 4.78 is 16.1. The van der Waals surface area contributed by atoms with Gasteiger partial charge in [-0.1, -0.05) is 6.42 Å². The Kier molecular flexibility index (Phi) is 3.82. The van der Waals surface area contributed by atoms with Crippen LogP contribution in [0.4, 0.5) is 4.39 Å². The highest BCUT2D eigenvalue weighted by atomic mass is 19.1. The van der Waals surface area contributed by atoms with Gasteiger partial charge < -0.3 is 14.8 Å². The molecule has 1 amide bonds. The molecule has 2 saturated heterocycles. The second-order valence-corrected chi connectivity index (χ2v) is 8.28. The maximum absolute atomic E-state index is 13.9. The minimum atomic E-state index is -0.273. The summed E-state index contributed by atoms with van der Waals surface area (Å²) in [6, 6.07) is 6.24. The standard InChI is InChI=1S/C21H26FN3O/c1-24-15-4-2-5-16(24)12-14(11-15)23-21(26)20-17-10-13(22)7-8-18(17)25-9-3-6-19(20)25/h7-8,10,14-16H,2-6,9,11-12H2,1H3,(H,23,26). The average molecular weight is 355 g/mol. The van der Waals surface area contributed by atoms with Crippen molar-refractivity contribution in [1.82, 2.24) is 14.8 Å². The summed E-state index contributed by atoms with van der Waals surface area (Å²) in [5.41, 5.74) is 2.78. The van der Waals surface area contributed by atoms with Gasteiger partial charge in [0.05, 0.1) is 5.56 Å². The van der Waals surface area contributed by atoms with Gasteiger partial charge in [-0.2, -0.15) is 0 Å². The van der Waals surface area contributed by atoms with Crippen LogP contribution in [0.3, 0.4) is 0 Å². The van der Waals surface area contributed by atoms with E-state index in [9.17, 15) is 9.18 Å². The Bertz CT molecular complexity index is 860. The van der Waals surface area contributed by atoms with E-state index in [4.69, 9.17) is 0 Å². The van der Waals surface area contributed by atoms with Gasteiger partial charge in [-0.15, -0.1) is 0 Å². The van der Waals surface area contributed by atoms with Crippen LogP contribution in [-0.4, -0.2) is 40.5 Å². The largest absolute Gasteiger partial charge is 0.349 e. The summed E-state index contributed by atoms with van der Waals surface area (Å²) >= 11 is 0. The number of carbonyl (C=O) groups is 1. The number of aromatic nitrogens is 1. The zero-order chi connectivity index (χ0) is 17.8. The van der Waals surface area contributed by atoms with Gasteiger partial charge in [0, 0.05) is 41.3 Å². The van der Waals surface area contributed by atoms with Crippen LogP contribution in [0.1, 0.15) is 54.6 Å². The number of rotatable bonds is 2. The molecular weight excluding hydrogens is 329 g/mol. The average Bonchev–Trinajstić information content (AvgIpc) is 3.15. The highest BCUT2D eigenvalue weighted by Gasteiger charge is 2.37. The number of aryl methyl sites for hydroxylation is 1. The molecular formula is C21H26FN3O. The Morgan fingerprint density at radius 2 is 1.96 bits per heavy atom. The van der Waals surface area contributed by atoms with Gasteiger partial charge >= 0.3 is 0 Å². The first-order chi connectivity index (χ1) is 12.6. The predicted octanol–water partition coefficient (Wildman–Crippen LogP) is 3.47. The summed E-state index contributed by atoms with van der Waals surface area (Å²) in [6.07, 6.45) is 7.78. The molecule has 0 saturated carbocycles. The normalized spacial score (nSPS) is 28.3. The van der Waals surface area contributed by atoms with Crippen LogP contribution in [0, 0.1) is 5.82 Å². The Morgan fingerprint density at radius 1 is 1.19 bits per heavy atom. The fourth-order valence-corrected chi connectivity index (χ4v) is 5.54. The van der Waals surface area contributed by atoms with Crippen molar-refractivity contribution in [3.63, 3.8) is 0 Å². The molecule has 0 radical (unpaired) electrons. The molecule has 1 aromatic carbocycles. The van der Waals surface area contributed by atoms with E-state index in [2.05, 4.69) is 21.8 Å². The smallest absolute Gasteiger partial charge is 0.253 e. The quantitative estimate of drug-likeness (QED) is 0.896. The van der Waals surface area contributed by atoms with Gasteiger partial charge in [-0.25, -0.2) is 4.39 Å². The Morgan fingerprint density at radius 3 is 2.73 bits per heavy atom. The molecule has 3 aliphatic rings. The van der Waals surface area contributed by atoms with Gasteiger partial charge in [0.2, 0.25) is 0 Å². The fraction of sp³-hybridized carbons (Fsp3) is 0.571. The number of hydrogen-bond acceptors (Lipinski definition) is 2. The zero-order valence-electron chi connectivity index (χ0n) is 15.3. The molecule has 5 heteroatoms. The summed E-state index contributed by atoms with van der Waals surface area (Å²) in [6.45, 7) is 0.920. The fourth-order valence-electron chi connectivity index (χ4n) is 5.54. The van der Waals surface area contributed by atoms with Crippen molar-refractivity contribution in [3.05, 3.63) is 35.3 Å². The van der Waals surface area contributed by atoms with E-state index < -0.39 is 0 Å². The SMILES string of the molecule is CN1C2CCCC1CC(NC(=O)c1c3n(c4ccc(F)cc14)CCC3)C2. The van der Waals surface area contributed by atoms with E-state index in [-0.39, 0.29) is 17.8 Å². The maximum Gasteiger partial charge on any atom is 0.253 e. The lowest BCUT2D eigenvalue weighted by molar-refractivity contribution is 0.0463. The maximum atomic E-state index is 13.9. The number of halogens is 1. The molecule has 4 heterocycles. The summed E-state index contributed by atoms with van der Waals surface area (Å²) in [5, 5.41) is 4.08. The summed E-state index contributed by atoms with van der Waals surface area (Å²) in [4.78, 5) is 15.7. The van der Waals surface area contributed by atoms with E-state index in [1.165, 1.54) is 31.4 Å². The number of piperidine rings is 2. The molecule has 2 bridgehead atoms. The molecule has 138 valence electrons. The number of fused-ring (bicyclic) bond motifs is 5. The highest BCUT2D eigenvalue weighted by molar-refractivity contribution is 6.08. The molecule has 26 heavy (non-hydrogen) atoms. The topological polar surface area (TPSA) is 37.3 Å². The Hall–Kier alpha value is -1.88. The second kappa shape index (κ2) is 6.08. The minimum absolute atomic E-state index is 0.0103. The number of hydrogen-bond donors (Lipinski definition) is 1. The molecule has 1 aromatic heterocycles. The lowest BCUT2D eigenvalue weighted by Gasteiger charge is -2.47. The van der Waals surface area contributed by atoms with Gasteiger partial charge in [0.15, 0.2) is 0 Å². The Balaban J connectivity index is 1.45. The molecule has 2 atom stereocenters. The number of amides is 1. The number of nitrogens with one attached hydrogen (secondary N) is 1. The number of carbonyl (C=O) groups excluding carboxylic acids is 1. The van der Waals surface area contributed by atoms with E-state index >= 15 is 0 Å². The van der Waals surface area contributed by atoms with Crippen molar-refractivity contribution in [3.8, 4) is 0 Å². The van der Waals surface area contributed by atoms with Crippen molar-refractivity contribution < 1.29 is 9.18 Å². The molecule has 2 aromatic rings. The molecule has 2 fully saturated rings. The van der Waals surface area contributed by atoms with Crippen LogP contribution < -0.4 is 5.32 Å². The third kappa shape index (κ3) is 2.48. The number of benzene rings is 1. The van der Waals surface area contributed by atoms with Crippen LogP contribution >= 0.6 is 0 Å². The van der Waals surface area contributed by atoms with Crippen molar-refractivity contribution in [1.29, 1.82) is 0 Å². The van der Waals surface area contributed by atoms with Crippen LogP contribution in [0.15, 0.2) is 18.2 Å². The van der Waals surface area contributed by atoms with Gasteiger partial charge in [0.25, 0.3) is 5.91 Å². The molecule has 2 unspecified atom stereocenters. The monoisotopic (exact) mass is 355 g/mol. The first kappa shape index (κ1) is 16.3. The van der Waals surface area contributed by atoms with Crippen LogP contribution in [-0.2, 0) is 13.0 Å². The molecule has 4 nitrogen and oxygen atoms in total. The highest BCUT2D eigenvalue weighted by Crippen LogP contribution is 2.34. The van der Waals surface area contributed by atoms with Gasteiger partial charge in [-0.3, -0.25) is 4.79 Å². The van der Waals surface area contributed by atoms with Crippen LogP contribution in [0.2, 0.25) is 0 Å². The first-order valence-corrected chi connectivity index (χ1v) is 9.95. The molecule has 5 rings (SSSR count). The van der Waals surface area contributed by atoms with E-state index in [0.29, 0.717) is 17.6 Å². The molecule has 0 aliphatic carbocycles. The molecule has 3 aliphatic heterocycles. The van der Waals surface area contributed by atoms with E-state index in [1.54, 1.807) is 0 Å². The number of nitrogens with zero attached hydrogens (tertiary/aromatic N) is 2. The predicted molar refractivity (Wildman–Crippen MR) is 99.9 cm³/mol. The molecule has 1 N–H and O–H groups in total. The summed E-state index contributed by atoms with van der Waals surface area (Å²) in [7, 11) is 2.23. The van der Waals surface area contributed by atoms with Gasteiger partial charge in [0.1, 0.15) is 5.82 Å². The van der Waals surface area contributed by atoms with Crippen LogP contribution in [0.25, 0.3) is 10.9 Å². The third-order valence-electron chi connectivity index (χ3n) is 6.83. The van der Waals surface area contributed by atoms with E-state index in [1.807, 2.05) is 6.07 Å². The van der Waals surface area contributed by atoms with Crippen molar-refractivity contribution in [2.24, 2.45) is 0 Å². The lowest BCUT2D eigenvalue weighted by Crippen LogP contribution is -2.55. The zero-order valence-corrected chi connectivity index (χ0v) is 15.3. The van der Waals surface area contributed by atoms with E-state index in [0.717, 1.165) is 48.8 Å². The van der Waals surface area contributed by atoms with Crippen molar-refractivity contribution in [2.45, 2.75) is 69.6 Å². The van der Waals surface area contributed by atoms with Crippen LogP contribution in [0.5, 0.6) is 0 Å². The summed E-state index contributed by atoms with van der Waals surface area (Å²) in [5.74, 6) is -0.284. The lowest BCUT2D eigenvalue weighted by atomic mass is 9.82. The Labute approximate surface area is 153 Å². The minimum Gasteiger partial charge on any atom is -0.349 e. The van der Waals surface area contributed by atoms with Crippen molar-refractivity contribution in [2.75, 3.05) is 7.05 Å². The van der Waals surface area contributed by atoms with Gasteiger partial charge in [-0.05, 0) is 63.8 Å². The molecule has 0 spiro atoms. The first-order valence-electron chi connectivity index (χ1n) is 9.95.